The normalized spacial score (nSPS) is 12.2. The van der Waals surface area contributed by atoms with Crippen molar-refractivity contribution < 1.29 is 21.6 Å². The van der Waals surface area contributed by atoms with Crippen LogP contribution in [0.25, 0.3) is 0 Å². The van der Waals surface area contributed by atoms with Gasteiger partial charge < -0.3 is 4.74 Å². The Morgan fingerprint density at radius 1 is 0.913 bits per heavy atom. The molecule has 0 aliphatic heterocycles. The third-order valence-corrected chi connectivity index (χ3v) is 5.94. The SMILES string of the molecule is CS(=O)(=O)c1ccc(Oc2ccc(Cl)cc2Br)c(S(C)(=O)=O)c1. The van der Waals surface area contributed by atoms with Gasteiger partial charge in [-0.25, -0.2) is 16.8 Å². The summed E-state index contributed by atoms with van der Waals surface area (Å²) < 4.78 is 53.3. The molecule has 0 unspecified atom stereocenters. The van der Waals surface area contributed by atoms with Gasteiger partial charge in [0.15, 0.2) is 19.7 Å². The van der Waals surface area contributed by atoms with Crippen molar-refractivity contribution in [3.8, 4) is 11.5 Å². The minimum atomic E-state index is -3.69. The number of ether oxygens (including phenoxy) is 1. The second-order valence-corrected chi connectivity index (χ2v) is 10.1. The maximum absolute atomic E-state index is 12.0. The molecule has 0 N–H and O–H groups in total. The van der Waals surface area contributed by atoms with Crippen molar-refractivity contribution >= 4 is 47.2 Å². The molecular weight excluding hydrogens is 428 g/mol. The molecule has 0 fully saturated rings. The molecule has 0 saturated carbocycles. The summed E-state index contributed by atoms with van der Waals surface area (Å²) in [5.41, 5.74) is 0. The van der Waals surface area contributed by atoms with Crippen LogP contribution in [-0.4, -0.2) is 29.3 Å². The summed E-state index contributed by atoms with van der Waals surface area (Å²) in [6, 6.07) is 8.46. The van der Waals surface area contributed by atoms with Crippen LogP contribution in [0.2, 0.25) is 5.02 Å². The van der Waals surface area contributed by atoms with Gasteiger partial charge in [0.05, 0.1) is 9.37 Å². The van der Waals surface area contributed by atoms with Crippen LogP contribution in [-0.2, 0) is 19.7 Å². The molecule has 9 heteroatoms. The fourth-order valence-corrected chi connectivity index (χ4v) is 4.07. The molecule has 2 aromatic carbocycles. The second kappa shape index (κ2) is 6.43. The second-order valence-electron chi connectivity index (χ2n) is 4.83. The lowest BCUT2D eigenvalue weighted by atomic mass is 10.3. The number of sulfone groups is 2. The van der Waals surface area contributed by atoms with E-state index in [1.165, 1.54) is 12.1 Å². The number of benzene rings is 2. The Labute approximate surface area is 148 Å². The highest BCUT2D eigenvalue weighted by atomic mass is 79.9. The van der Waals surface area contributed by atoms with E-state index in [1.54, 1.807) is 18.2 Å². The van der Waals surface area contributed by atoms with Gasteiger partial charge in [-0.1, -0.05) is 11.6 Å². The summed E-state index contributed by atoms with van der Waals surface area (Å²) in [6.45, 7) is 0. The van der Waals surface area contributed by atoms with Crippen LogP contribution in [0.5, 0.6) is 11.5 Å². The lowest BCUT2D eigenvalue weighted by molar-refractivity contribution is 0.464. The lowest BCUT2D eigenvalue weighted by Gasteiger charge is -2.12. The van der Waals surface area contributed by atoms with E-state index in [4.69, 9.17) is 16.3 Å². The first-order valence-electron chi connectivity index (χ1n) is 6.15. The van der Waals surface area contributed by atoms with Crippen molar-refractivity contribution in [2.24, 2.45) is 0 Å². The molecule has 0 amide bonds. The summed E-state index contributed by atoms with van der Waals surface area (Å²) >= 11 is 9.12. The van der Waals surface area contributed by atoms with Gasteiger partial charge in [0.2, 0.25) is 0 Å². The van der Waals surface area contributed by atoms with Crippen molar-refractivity contribution in [3.63, 3.8) is 0 Å². The lowest BCUT2D eigenvalue weighted by Crippen LogP contribution is -2.04. The molecule has 0 aliphatic carbocycles. The van der Waals surface area contributed by atoms with Crippen LogP contribution in [0.3, 0.4) is 0 Å². The highest BCUT2D eigenvalue weighted by Crippen LogP contribution is 2.35. The smallest absolute Gasteiger partial charge is 0.179 e. The molecule has 0 radical (unpaired) electrons. The van der Waals surface area contributed by atoms with Crippen LogP contribution in [0, 0.1) is 0 Å². The highest BCUT2D eigenvalue weighted by Gasteiger charge is 2.20. The maximum atomic E-state index is 12.0. The molecule has 0 spiro atoms. The third kappa shape index (κ3) is 4.47. The zero-order valence-corrected chi connectivity index (χ0v) is 16.1. The summed E-state index contributed by atoms with van der Waals surface area (Å²) in [5.74, 6) is 0.384. The summed E-state index contributed by atoms with van der Waals surface area (Å²) in [5, 5.41) is 0.486. The first kappa shape index (κ1) is 18.3. The van der Waals surface area contributed by atoms with Gasteiger partial charge in [-0.15, -0.1) is 0 Å². The van der Waals surface area contributed by atoms with E-state index >= 15 is 0 Å². The zero-order chi connectivity index (χ0) is 17.4. The monoisotopic (exact) mass is 438 g/mol. The largest absolute Gasteiger partial charge is 0.455 e. The van der Waals surface area contributed by atoms with Crippen LogP contribution in [0.4, 0.5) is 0 Å². The Balaban J connectivity index is 2.58. The molecule has 2 rings (SSSR count). The van der Waals surface area contributed by atoms with Crippen LogP contribution < -0.4 is 4.74 Å². The average molecular weight is 440 g/mol. The fourth-order valence-electron chi connectivity index (χ4n) is 1.77. The number of hydrogen-bond acceptors (Lipinski definition) is 5. The molecule has 0 bridgehead atoms. The topological polar surface area (TPSA) is 77.5 Å². The van der Waals surface area contributed by atoms with Gasteiger partial charge in [-0.3, -0.25) is 0 Å². The maximum Gasteiger partial charge on any atom is 0.179 e. The van der Waals surface area contributed by atoms with E-state index in [9.17, 15) is 16.8 Å². The molecule has 0 aromatic heterocycles. The Morgan fingerprint density at radius 2 is 1.52 bits per heavy atom. The third-order valence-electron chi connectivity index (χ3n) is 2.86. The Hall–Kier alpha value is -1.09. The van der Waals surface area contributed by atoms with Crippen molar-refractivity contribution in [3.05, 3.63) is 45.9 Å². The minimum absolute atomic E-state index is 0.0305. The fraction of sp³-hybridized carbons (Fsp3) is 0.143. The molecule has 0 saturated heterocycles. The van der Waals surface area contributed by atoms with Crippen molar-refractivity contribution in [1.82, 2.24) is 0 Å². The highest BCUT2D eigenvalue weighted by molar-refractivity contribution is 9.10. The summed E-state index contributed by atoms with van der Waals surface area (Å²) in [7, 11) is -7.22. The molecule has 2 aromatic rings. The predicted molar refractivity (Wildman–Crippen MR) is 91.9 cm³/mol. The van der Waals surface area contributed by atoms with Gasteiger partial charge in [-0.05, 0) is 52.3 Å². The molecule has 0 atom stereocenters. The van der Waals surface area contributed by atoms with Crippen LogP contribution in [0.1, 0.15) is 0 Å². The van der Waals surface area contributed by atoms with Gasteiger partial charge in [0, 0.05) is 17.5 Å². The first-order valence-corrected chi connectivity index (χ1v) is 11.1. The molecule has 124 valence electrons. The summed E-state index contributed by atoms with van der Waals surface area (Å²) in [6.07, 6.45) is 1.99. The standard InChI is InChI=1S/C14H12BrClO5S2/c1-22(17,18)10-4-6-13(14(8-10)23(2,19)20)21-12-5-3-9(16)7-11(12)15/h3-8H,1-2H3. The average Bonchev–Trinajstić information content (AvgIpc) is 2.40. The van der Waals surface area contributed by atoms with Crippen molar-refractivity contribution in [2.75, 3.05) is 12.5 Å². The predicted octanol–water partition coefficient (Wildman–Crippen LogP) is 3.70. The van der Waals surface area contributed by atoms with E-state index in [1.807, 2.05) is 0 Å². The molecule has 0 heterocycles. The Morgan fingerprint density at radius 3 is 2.04 bits per heavy atom. The first-order chi connectivity index (χ1) is 10.5. The number of hydrogen-bond donors (Lipinski definition) is 0. The quantitative estimate of drug-likeness (QED) is 0.726. The number of rotatable bonds is 4. The molecule has 5 nitrogen and oxygen atoms in total. The van der Waals surface area contributed by atoms with Crippen LogP contribution in [0.15, 0.2) is 50.7 Å². The minimum Gasteiger partial charge on any atom is -0.455 e. The van der Waals surface area contributed by atoms with E-state index in [-0.39, 0.29) is 15.5 Å². The van der Waals surface area contributed by atoms with Crippen LogP contribution >= 0.6 is 27.5 Å². The van der Waals surface area contributed by atoms with Gasteiger partial charge in [0.25, 0.3) is 0 Å². The Bertz CT molecular complexity index is 969. The summed E-state index contributed by atoms with van der Waals surface area (Å²) in [4.78, 5) is -0.303. The molecular formula is C14H12BrClO5S2. The molecule has 0 aliphatic rings. The van der Waals surface area contributed by atoms with Gasteiger partial charge in [0.1, 0.15) is 16.4 Å². The van der Waals surface area contributed by atoms with Crippen molar-refractivity contribution in [2.45, 2.75) is 9.79 Å². The van der Waals surface area contributed by atoms with Gasteiger partial charge in [-0.2, -0.15) is 0 Å². The van der Waals surface area contributed by atoms with Gasteiger partial charge >= 0.3 is 0 Å². The van der Waals surface area contributed by atoms with E-state index in [0.717, 1.165) is 18.6 Å². The van der Waals surface area contributed by atoms with Crippen molar-refractivity contribution in [1.29, 1.82) is 0 Å². The van der Waals surface area contributed by atoms with E-state index < -0.39 is 19.7 Å². The Kier molecular flexibility index (Phi) is 5.10. The molecule has 23 heavy (non-hydrogen) atoms. The zero-order valence-electron chi connectivity index (χ0n) is 12.1. The number of halogens is 2. The van der Waals surface area contributed by atoms with E-state index in [0.29, 0.717) is 15.2 Å². The van der Waals surface area contributed by atoms with E-state index in [2.05, 4.69) is 15.9 Å².